The average molecular weight is 709 g/mol. The molecule has 1 aromatic heterocycles. The zero-order chi connectivity index (χ0) is 36.5. The first-order valence-electron chi connectivity index (χ1n) is 19.5. The van der Waals surface area contributed by atoms with Gasteiger partial charge in [0.2, 0.25) is 0 Å². The van der Waals surface area contributed by atoms with Gasteiger partial charge in [0.15, 0.2) is 0 Å². The number of furan rings is 1. The minimum atomic E-state index is -0.485. The average Bonchev–Trinajstić information content (AvgIpc) is 3.89. The Hall–Kier alpha value is -7.22. The minimum Gasteiger partial charge on any atom is -0.455 e. The maximum atomic E-state index is 6.67. The zero-order valence-electron chi connectivity index (χ0n) is 30.4. The van der Waals surface area contributed by atoms with Gasteiger partial charge in [-0.05, 0) is 130 Å². The second-order valence-corrected chi connectivity index (χ2v) is 15.5. The normalized spacial score (nSPS) is 13.5. The molecule has 13 rings (SSSR count). The van der Waals surface area contributed by atoms with Gasteiger partial charge in [-0.2, -0.15) is 0 Å². The molecule has 2 aliphatic carbocycles. The van der Waals surface area contributed by atoms with Crippen LogP contribution in [-0.2, 0) is 5.41 Å². The maximum Gasteiger partial charge on any atom is 0.143 e. The molecule has 1 heteroatoms. The Labute approximate surface area is 323 Å². The maximum absolute atomic E-state index is 6.67. The van der Waals surface area contributed by atoms with Crippen molar-refractivity contribution in [3.05, 3.63) is 216 Å². The van der Waals surface area contributed by atoms with E-state index in [-0.39, 0.29) is 0 Å². The van der Waals surface area contributed by atoms with Crippen LogP contribution in [0.5, 0.6) is 0 Å². The van der Waals surface area contributed by atoms with E-state index in [4.69, 9.17) is 4.42 Å². The van der Waals surface area contributed by atoms with E-state index in [1.807, 2.05) is 0 Å². The van der Waals surface area contributed by atoms with Gasteiger partial charge in [-0.15, -0.1) is 0 Å². The first kappa shape index (κ1) is 30.1. The largest absolute Gasteiger partial charge is 0.455 e. The van der Waals surface area contributed by atoms with E-state index in [0.717, 1.165) is 27.3 Å². The quantitative estimate of drug-likeness (QED) is 0.174. The summed E-state index contributed by atoms with van der Waals surface area (Å²) in [5, 5.41) is 9.69. The van der Waals surface area contributed by atoms with Crippen LogP contribution in [0, 0.1) is 0 Å². The highest BCUT2D eigenvalue weighted by molar-refractivity contribution is 6.19. The lowest BCUT2D eigenvalue weighted by Gasteiger charge is -2.31. The summed E-state index contributed by atoms with van der Waals surface area (Å²) in [7, 11) is 0. The SMILES string of the molecule is c1ccc2c(c1)-c1ccccc1C21c2cc(-c3cccc4oc5c6ccccc6ccc5c34)ccc2-c2cc3cccc(-c4ccc5ccccc5c4)c3cc21. The van der Waals surface area contributed by atoms with E-state index in [0.29, 0.717) is 0 Å². The van der Waals surface area contributed by atoms with Crippen molar-refractivity contribution in [3.8, 4) is 44.5 Å². The van der Waals surface area contributed by atoms with Gasteiger partial charge < -0.3 is 4.42 Å². The lowest BCUT2D eigenvalue weighted by molar-refractivity contribution is 0.673. The predicted molar refractivity (Wildman–Crippen MR) is 233 cm³/mol. The fourth-order valence-electron chi connectivity index (χ4n) is 10.5. The number of rotatable bonds is 2. The van der Waals surface area contributed by atoms with E-state index in [1.165, 1.54) is 93.7 Å². The van der Waals surface area contributed by atoms with Crippen molar-refractivity contribution >= 4 is 54.3 Å². The molecule has 1 heterocycles. The molecule has 0 N–H and O–H groups in total. The third-order valence-electron chi connectivity index (χ3n) is 12.8. The van der Waals surface area contributed by atoms with Crippen molar-refractivity contribution in [2.24, 2.45) is 0 Å². The van der Waals surface area contributed by atoms with Crippen molar-refractivity contribution in [3.63, 3.8) is 0 Å². The van der Waals surface area contributed by atoms with Gasteiger partial charge in [-0.25, -0.2) is 0 Å². The second kappa shape index (κ2) is 10.9. The van der Waals surface area contributed by atoms with Crippen LogP contribution in [0.3, 0.4) is 0 Å². The molecule has 0 saturated carbocycles. The van der Waals surface area contributed by atoms with E-state index in [9.17, 15) is 0 Å². The first-order chi connectivity index (χ1) is 27.8. The molecule has 0 unspecified atom stereocenters. The Bertz CT molecular complexity index is 3440. The van der Waals surface area contributed by atoms with Crippen molar-refractivity contribution in [2.45, 2.75) is 5.41 Å². The van der Waals surface area contributed by atoms with Crippen molar-refractivity contribution in [2.75, 3.05) is 0 Å². The predicted octanol–water partition coefficient (Wildman–Crippen LogP) is 14.7. The molecule has 0 atom stereocenters. The molecule has 10 aromatic carbocycles. The Morgan fingerprint density at radius 1 is 0.304 bits per heavy atom. The topological polar surface area (TPSA) is 13.1 Å². The van der Waals surface area contributed by atoms with Crippen LogP contribution < -0.4 is 0 Å². The lowest BCUT2D eigenvalue weighted by Crippen LogP contribution is -2.26. The second-order valence-electron chi connectivity index (χ2n) is 15.5. The Balaban J connectivity index is 1.11. The van der Waals surface area contributed by atoms with E-state index in [2.05, 4.69) is 194 Å². The fraction of sp³-hybridized carbons (Fsp3) is 0.0182. The van der Waals surface area contributed by atoms with Crippen LogP contribution in [0.25, 0.3) is 98.8 Å². The molecule has 11 aromatic rings. The molecular formula is C55H32O. The van der Waals surface area contributed by atoms with Crippen LogP contribution >= 0.6 is 0 Å². The molecule has 0 radical (unpaired) electrons. The van der Waals surface area contributed by atoms with Crippen LogP contribution in [-0.4, -0.2) is 0 Å². The molecule has 56 heavy (non-hydrogen) atoms. The standard InChI is InChI=1S/C55H32O/c1-2-13-35-29-37(24-23-33(35)11-1)39-18-9-14-36-30-47-44-27-26-38(40-19-10-22-52-53(40)45-28-25-34-12-3-4-15-41(34)54(45)56-52)31-50(44)55(51(47)32-46(36)39)48-20-7-5-16-42(48)43-17-6-8-21-49(43)55/h1-32H. The molecule has 0 bridgehead atoms. The summed E-state index contributed by atoms with van der Waals surface area (Å²) in [6.45, 7) is 0. The highest BCUT2D eigenvalue weighted by Gasteiger charge is 2.51. The third kappa shape index (κ3) is 3.84. The molecule has 1 spiro atoms. The number of fused-ring (bicyclic) bond motifs is 17. The smallest absolute Gasteiger partial charge is 0.143 e. The first-order valence-corrected chi connectivity index (χ1v) is 19.5. The molecule has 0 saturated heterocycles. The third-order valence-corrected chi connectivity index (χ3v) is 12.8. The molecule has 0 fully saturated rings. The summed E-state index contributed by atoms with van der Waals surface area (Å²) >= 11 is 0. The number of hydrogen-bond acceptors (Lipinski definition) is 1. The van der Waals surface area contributed by atoms with Crippen LogP contribution in [0.1, 0.15) is 22.3 Å². The van der Waals surface area contributed by atoms with E-state index < -0.39 is 5.41 Å². The Kier molecular flexibility index (Phi) is 5.89. The summed E-state index contributed by atoms with van der Waals surface area (Å²) in [4.78, 5) is 0. The van der Waals surface area contributed by atoms with Gasteiger partial charge in [-0.3, -0.25) is 0 Å². The van der Waals surface area contributed by atoms with Crippen LogP contribution in [0.15, 0.2) is 199 Å². The summed E-state index contributed by atoms with van der Waals surface area (Å²) in [6, 6.07) is 72.2. The number of hydrogen-bond donors (Lipinski definition) is 0. The van der Waals surface area contributed by atoms with Gasteiger partial charge in [0.05, 0.1) is 5.41 Å². The Morgan fingerprint density at radius 3 is 1.77 bits per heavy atom. The highest BCUT2D eigenvalue weighted by Crippen LogP contribution is 2.64. The van der Waals surface area contributed by atoms with Gasteiger partial charge in [0, 0.05) is 16.2 Å². The van der Waals surface area contributed by atoms with Crippen LogP contribution in [0.4, 0.5) is 0 Å². The molecular weight excluding hydrogens is 677 g/mol. The van der Waals surface area contributed by atoms with Crippen LogP contribution in [0.2, 0.25) is 0 Å². The molecule has 2 aliphatic rings. The van der Waals surface area contributed by atoms with Crippen molar-refractivity contribution in [1.82, 2.24) is 0 Å². The Morgan fingerprint density at radius 2 is 0.911 bits per heavy atom. The van der Waals surface area contributed by atoms with Gasteiger partial charge in [0.1, 0.15) is 11.2 Å². The molecule has 258 valence electrons. The molecule has 0 amide bonds. The van der Waals surface area contributed by atoms with Gasteiger partial charge >= 0.3 is 0 Å². The van der Waals surface area contributed by atoms with Gasteiger partial charge in [-0.1, -0.05) is 158 Å². The van der Waals surface area contributed by atoms with E-state index >= 15 is 0 Å². The summed E-state index contributed by atoms with van der Waals surface area (Å²) < 4.78 is 6.67. The monoisotopic (exact) mass is 708 g/mol. The number of benzene rings is 10. The minimum absolute atomic E-state index is 0.485. The fourth-order valence-corrected chi connectivity index (χ4v) is 10.5. The molecule has 1 nitrogen and oxygen atoms in total. The zero-order valence-corrected chi connectivity index (χ0v) is 30.4. The van der Waals surface area contributed by atoms with Crippen molar-refractivity contribution in [1.29, 1.82) is 0 Å². The lowest BCUT2D eigenvalue weighted by atomic mass is 9.70. The van der Waals surface area contributed by atoms with Gasteiger partial charge in [0.25, 0.3) is 0 Å². The summed E-state index contributed by atoms with van der Waals surface area (Å²) in [5.74, 6) is 0. The van der Waals surface area contributed by atoms with Crippen molar-refractivity contribution < 1.29 is 4.42 Å². The molecule has 0 aliphatic heterocycles. The summed E-state index contributed by atoms with van der Waals surface area (Å²) in [5.41, 5.74) is 16.9. The van der Waals surface area contributed by atoms with E-state index in [1.54, 1.807) is 0 Å². The highest BCUT2D eigenvalue weighted by atomic mass is 16.3. The summed E-state index contributed by atoms with van der Waals surface area (Å²) in [6.07, 6.45) is 0.